The van der Waals surface area contributed by atoms with Crippen molar-refractivity contribution in [1.29, 1.82) is 0 Å². The quantitative estimate of drug-likeness (QED) is 0.0601. The number of benzene rings is 2. The molecular formula is C47H61Cl2N5O12. The van der Waals surface area contributed by atoms with E-state index < -0.39 is 40.7 Å². The highest BCUT2D eigenvalue weighted by atomic mass is 35.5. The van der Waals surface area contributed by atoms with Crippen molar-refractivity contribution in [1.82, 2.24) is 10.6 Å². The smallest absolute Gasteiger partial charge is 0.303 e. The highest BCUT2D eigenvalue weighted by molar-refractivity contribution is 6.33. The van der Waals surface area contributed by atoms with E-state index in [1.807, 2.05) is 6.08 Å². The van der Waals surface area contributed by atoms with Gasteiger partial charge >= 0.3 is 5.97 Å². The van der Waals surface area contributed by atoms with E-state index in [0.29, 0.717) is 69.4 Å². The molecule has 8 rings (SSSR count). The Balaban J connectivity index is 0.000000240. The number of rotatable bonds is 15. The average molecular weight is 959 g/mol. The summed E-state index contributed by atoms with van der Waals surface area (Å²) in [6.45, 7) is 9.69. The monoisotopic (exact) mass is 957 g/mol. The van der Waals surface area contributed by atoms with Gasteiger partial charge in [0.1, 0.15) is 17.6 Å². The van der Waals surface area contributed by atoms with Crippen LogP contribution < -0.4 is 21.3 Å². The molecule has 0 spiro atoms. The SMILES string of the molecule is CC(=O)OCC(=O)[C@@]12N=C(C)O[C@@H]1C[C@H]1[C@@H]3CCC4=CC(=O)C=C[C@]4(C)[C@H]3[C@@H](O)C[C@@]12C.Cl.Cl.O=C1c2c(O)ccc(O)c2C(=O)c2c(NCCNCCO)ccc(NCCNCCO)c21. The zero-order valence-electron chi connectivity index (χ0n) is 37.5. The van der Waals surface area contributed by atoms with Crippen LogP contribution in [-0.2, 0) is 23.9 Å². The zero-order valence-corrected chi connectivity index (χ0v) is 39.1. The number of anilines is 2. The van der Waals surface area contributed by atoms with Crippen molar-refractivity contribution in [2.45, 2.75) is 71.1 Å². The van der Waals surface area contributed by atoms with Crippen molar-refractivity contribution in [3.8, 4) is 11.5 Å². The Bertz CT molecular complexity index is 2240. The molecule has 0 aromatic heterocycles. The first-order chi connectivity index (χ1) is 30.5. The van der Waals surface area contributed by atoms with Crippen molar-refractivity contribution >= 4 is 71.2 Å². The van der Waals surface area contributed by atoms with Gasteiger partial charge in [0.25, 0.3) is 0 Å². The van der Waals surface area contributed by atoms with Crippen molar-refractivity contribution < 1.29 is 59.0 Å². The molecule has 1 aliphatic heterocycles. The molecule has 3 saturated carbocycles. The van der Waals surface area contributed by atoms with Crippen LogP contribution in [0.5, 0.6) is 11.5 Å². The van der Waals surface area contributed by atoms with Gasteiger partial charge < -0.3 is 56.3 Å². The second-order valence-corrected chi connectivity index (χ2v) is 17.9. The number of allylic oxidation sites excluding steroid dienone is 4. The number of fused-ring (bicyclic) bond motifs is 9. The maximum Gasteiger partial charge on any atom is 0.303 e. The number of aliphatic hydroxyl groups is 3. The summed E-state index contributed by atoms with van der Waals surface area (Å²) in [5, 5.41) is 62.1. The number of aliphatic imine (C=N–C) groups is 1. The summed E-state index contributed by atoms with van der Waals surface area (Å²) in [4.78, 5) is 68.4. The van der Waals surface area contributed by atoms with Gasteiger partial charge in [-0.1, -0.05) is 25.5 Å². The summed E-state index contributed by atoms with van der Waals surface area (Å²) in [6.07, 6.45) is 7.01. The maximum absolute atomic E-state index is 13.5. The van der Waals surface area contributed by atoms with E-state index in [0.717, 1.165) is 18.4 Å². The van der Waals surface area contributed by atoms with E-state index in [1.54, 1.807) is 31.2 Å². The van der Waals surface area contributed by atoms with Gasteiger partial charge in [0.15, 0.2) is 23.8 Å². The van der Waals surface area contributed by atoms with Gasteiger partial charge in [-0.3, -0.25) is 24.0 Å². The Hall–Kier alpha value is -4.88. The fraction of sp³-hybridized carbons (Fsp3) is 0.532. The molecule has 360 valence electrons. The first-order valence-electron chi connectivity index (χ1n) is 22.0. The molecule has 0 unspecified atom stereocenters. The molecule has 2 aromatic carbocycles. The predicted octanol–water partition coefficient (Wildman–Crippen LogP) is 3.27. The van der Waals surface area contributed by atoms with Gasteiger partial charge in [-0.05, 0) is 73.9 Å². The number of aliphatic hydroxyl groups excluding tert-OH is 3. The lowest BCUT2D eigenvalue weighted by atomic mass is 9.46. The van der Waals surface area contributed by atoms with Crippen molar-refractivity contribution in [2.24, 2.45) is 33.6 Å². The number of nitrogens with one attached hydrogen (secondary N) is 4. The topological polar surface area (TPSA) is 265 Å². The molecule has 17 nitrogen and oxygen atoms in total. The number of hydrogen-bond donors (Lipinski definition) is 9. The number of esters is 1. The summed E-state index contributed by atoms with van der Waals surface area (Å²) in [5.74, 6) is -1.88. The summed E-state index contributed by atoms with van der Waals surface area (Å²) >= 11 is 0. The van der Waals surface area contributed by atoms with E-state index in [9.17, 15) is 39.3 Å². The van der Waals surface area contributed by atoms with Crippen LogP contribution in [-0.4, -0.2) is 137 Å². The van der Waals surface area contributed by atoms with E-state index in [1.165, 1.54) is 19.1 Å². The van der Waals surface area contributed by atoms with Gasteiger partial charge in [-0.25, -0.2) is 4.99 Å². The number of carbonyl (C=O) groups excluding carboxylic acids is 5. The van der Waals surface area contributed by atoms with Gasteiger partial charge in [-0.15, -0.1) is 24.8 Å². The van der Waals surface area contributed by atoms with E-state index in [-0.39, 0.29) is 113 Å². The minimum atomic E-state index is -1.15. The fourth-order valence-corrected chi connectivity index (χ4v) is 11.6. The molecular weight excluding hydrogens is 897 g/mol. The molecule has 5 aliphatic carbocycles. The number of halogens is 2. The fourth-order valence-electron chi connectivity index (χ4n) is 11.6. The summed E-state index contributed by atoms with van der Waals surface area (Å²) in [5.41, 5.74) is -0.364. The summed E-state index contributed by atoms with van der Waals surface area (Å²) in [7, 11) is 0. The normalized spacial score (nSPS) is 28.4. The summed E-state index contributed by atoms with van der Waals surface area (Å²) in [6, 6.07) is 5.74. The van der Waals surface area contributed by atoms with Crippen LogP contribution in [0.25, 0.3) is 0 Å². The van der Waals surface area contributed by atoms with Gasteiger partial charge in [0, 0.05) is 81.2 Å². The van der Waals surface area contributed by atoms with Crippen LogP contribution in [0.4, 0.5) is 11.4 Å². The van der Waals surface area contributed by atoms with Gasteiger partial charge in [0.2, 0.25) is 17.3 Å². The Labute approximate surface area is 395 Å². The number of ketones is 4. The molecule has 0 amide bonds. The third-order valence-electron chi connectivity index (χ3n) is 14.3. The highest BCUT2D eigenvalue weighted by Gasteiger charge is 2.74. The first-order valence-corrected chi connectivity index (χ1v) is 22.0. The maximum atomic E-state index is 13.5. The minimum Gasteiger partial charge on any atom is -0.507 e. The molecule has 0 radical (unpaired) electrons. The van der Waals surface area contributed by atoms with E-state index >= 15 is 0 Å². The molecule has 66 heavy (non-hydrogen) atoms. The molecule has 1 heterocycles. The molecule has 8 atom stereocenters. The lowest BCUT2D eigenvalue weighted by Gasteiger charge is -2.59. The number of nitrogens with zero attached hydrogens (tertiary/aromatic N) is 1. The van der Waals surface area contributed by atoms with Crippen LogP contribution >= 0.6 is 24.8 Å². The van der Waals surface area contributed by atoms with Crippen molar-refractivity contribution in [3.63, 3.8) is 0 Å². The van der Waals surface area contributed by atoms with Crippen molar-refractivity contribution in [2.75, 3.05) is 69.7 Å². The molecule has 6 aliphatic rings. The first kappa shape index (κ1) is 52.1. The second-order valence-electron chi connectivity index (χ2n) is 17.9. The molecule has 0 bridgehead atoms. The highest BCUT2D eigenvalue weighted by Crippen LogP contribution is 2.69. The molecule has 9 N–H and O–H groups in total. The lowest BCUT2D eigenvalue weighted by molar-refractivity contribution is -0.155. The van der Waals surface area contributed by atoms with E-state index in [2.05, 4.69) is 35.1 Å². The molecule has 3 fully saturated rings. The lowest BCUT2D eigenvalue weighted by Crippen LogP contribution is -2.62. The number of ether oxygens (including phenoxy) is 2. The molecule has 2 aromatic rings. The number of phenolic OH excluding ortho intramolecular Hbond substituents is 2. The van der Waals surface area contributed by atoms with Crippen LogP contribution in [0, 0.1) is 28.6 Å². The van der Waals surface area contributed by atoms with E-state index in [4.69, 9.17) is 24.7 Å². The van der Waals surface area contributed by atoms with Crippen LogP contribution in [0.2, 0.25) is 0 Å². The van der Waals surface area contributed by atoms with Crippen LogP contribution in [0.3, 0.4) is 0 Å². The molecule has 19 heteroatoms. The number of carbonyl (C=O) groups is 5. The van der Waals surface area contributed by atoms with Gasteiger partial charge in [0.05, 0.1) is 41.6 Å². The number of aromatic hydroxyl groups is 2. The Kier molecular flexibility index (Phi) is 16.5. The predicted molar refractivity (Wildman–Crippen MR) is 250 cm³/mol. The number of phenols is 2. The largest absolute Gasteiger partial charge is 0.507 e. The average Bonchev–Trinajstić information content (AvgIpc) is 3.72. The molecule has 0 saturated heterocycles. The van der Waals surface area contributed by atoms with Gasteiger partial charge in [-0.2, -0.15) is 0 Å². The second kappa shape index (κ2) is 21.0. The standard InChI is InChI=1S/C25H31NO6.C22H28N4O6.2ClH/c1-13-26-25(20(30)12-31-14(2)27)21(32-13)10-18-17-6-5-15-9-16(28)7-8-23(15,3)22(17)19(29)11-24(18,25)4;27-11-9-23-5-7-25-13-1-2-14(26-8-6-24-10-12-28)18-17(13)21(31)19-15(29)3-4-16(30)20(19)22(18)32;;/h7-9,17-19,21-22,29H,5-6,10-12H2,1-4H3;1-4,23-30H,5-12H2;2*1H/t17-,18-,19-,21+,22+,23-,24-,25+;;;/m0.../s1. The minimum absolute atomic E-state index is 0. The summed E-state index contributed by atoms with van der Waals surface area (Å²) < 4.78 is 11.2. The Morgan fingerprint density at radius 2 is 1.41 bits per heavy atom. The van der Waals surface area contributed by atoms with Crippen LogP contribution in [0.15, 0.2) is 53.1 Å². The van der Waals surface area contributed by atoms with Crippen molar-refractivity contribution in [3.05, 3.63) is 70.3 Å². The number of Topliss-reactive ketones (excluding diaryl/α,β-unsaturated/α-hetero) is 1. The van der Waals surface area contributed by atoms with Crippen LogP contribution in [0.1, 0.15) is 85.2 Å². The number of hydrogen-bond acceptors (Lipinski definition) is 17. The third kappa shape index (κ3) is 9.10. The third-order valence-corrected chi connectivity index (χ3v) is 14.3. The Morgan fingerprint density at radius 1 is 0.848 bits per heavy atom. The Morgan fingerprint density at radius 3 is 1.94 bits per heavy atom. The zero-order chi connectivity index (χ0) is 46.1.